The summed E-state index contributed by atoms with van der Waals surface area (Å²) in [6.45, 7) is 5.61. The van der Waals surface area contributed by atoms with Gasteiger partial charge in [-0.1, -0.05) is 19.1 Å². The highest BCUT2D eigenvalue weighted by Crippen LogP contribution is 2.34. The van der Waals surface area contributed by atoms with Gasteiger partial charge in [-0.3, -0.25) is 0 Å². The van der Waals surface area contributed by atoms with E-state index in [0.717, 1.165) is 13.0 Å². The molecule has 2 N–H and O–H groups in total. The van der Waals surface area contributed by atoms with Gasteiger partial charge < -0.3 is 10.6 Å². The van der Waals surface area contributed by atoms with Crippen molar-refractivity contribution in [2.45, 2.75) is 32.2 Å². The molecule has 2 unspecified atom stereocenters. The van der Waals surface area contributed by atoms with E-state index in [1.165, 1.54) is 16.8 Å². The van der Waals surface area contributed by atoms with E-state index >= 15 is 0 Å². The van der Waals surface area contributed by atoms with Crippen LogP contribution in [0.5, 0.6) is 0 Å². The van der Waals surface area contributed by atoms with Gasteiger partial charge >= 0.3 is 0 Å². The topological polar surface area (TPSA) is 24.1 Å². The summed E-state index contributed by atoms with van der Waals surface area (Å²) in [6.07, 6.45) is 1.12. The number of hydrogen-bond donors (Lipinski definition) is 2. The van der Waals surface area contributed by atoms with Crippen LogP contribution in [0.25, 0.3) is 0 Å². The zero-order valence-electron chi connectivity index (χ0n) is 9.80. The SMILES string of the molecule is CNC(C)Cc1cccc2c1C(C)CN2. The molecule has 82 valence electrons. The molecule has 1 aromatic carbocycles. The highest BCUT2D eigenvalue weighted by Gasteiger charge is 2.21. The van der Waals surface area contributed by atoms with E-state index in [9.17, 15) is 0 Å². The predicted molar refractivity (Wildman–Crippen MR) is 65.6 cm³/mol. The second-order valence-corrected chi connectivity index (χ2v) is 4.55. The van der Waals surface area contributed by atoms with Gasteiger partial charge in [0, 0.05) is 24.2 Å². The summed E-state index contributed by atoms with van der Waals surface area (Å²) in [6, 6.07) is 7.15. The van der Waals surface area contributed by atoms with E-state index in [-0.39, 0.29) is 0 Å². The van der Waals surface area contributed by atoms with Gasteiger partial charge in [-0.05, 0) is 37.6 Å². The van der Waals surface area contributed by atoms with Crippen LogP contribution in [0.1, 0.15) is 30.9 Å². The highest BCUT2D eigenvalue weighted by atomic mass is 14.9. The van der Waals surface area contributed by atoms with Crippen LogP contribution in [0.3, 0.4) is 0 Å². The average molecular weight is 204 g/mol. The fraction of sp³-hybridized carbons (Fsp3) is 0.538. The largest absolute Gasteiger partial charge is 0.384 e. The maximum atomic E-state index is 3.46. The Balaban J connectivity index is 2.28. The fourth-order valence-electron chi connectivity index (χ4n) is 2.32. The minimum atomic E-state index is 0.546. The van der Waals surface area contributed by atoms with E-state index < -0.39 is 0 Å². The minimum Gasteiger partial charge on any atom is -0.384 e. The third-order valence-electron chi connectivity index (χ3n) is 3.31. The molecule has 0 spiro atoms. The molecule has 1 aliphatic heterocycles. The molecule has 2 atom stereocenters. The molecule has 15 heavy (non-hydrogen) atoms. The van der Waals surface area contributed by atoms with Crippen molar-refractivity contribution in [1.82, 2.24) is 5.32 Å². The number of benzene rings is 1. The normalized spacial score (nSPS) is 20.9. The molecule has 0 aliphatic carbocycles. The summed E-state index contributed by atoms with van der Waals surface area (Å²) in [4.78, 5) is 0. The van der Waals surface area contributed by atoms with E-state index in [4.69, 9.17) is 0 Å². The quantitative estimate of drug-likeness (QED) is 0.790. The van der Waals surface area contributed by atoms with Gasteiger partial charge in [-0.15, -0.1) is 0 Å². The number of fused-ring (bicyclic) bond motifs is 1. The minimum absolute atomic E-state index is 0.546. The van der Waals surface area contributed by atoms with Gasteiger partial charge in [0.15, 0.2) is 0 Å². The Morgan fingerprint density at radius 1 is 1.53 bits per heavy atom. The molecule has 1 aromatic rings. The third kappa shape index (κ3) is 2.00. The number of rotatable bonds is 3. The van der Waals surface area contributed by atoms with Crippen molar-refractivity contribution in [3.63, 3.8) is 0 Å². The Morgan fingerprint density at radius 3 is 3.07 bits per heavy atom. The molecular formula is C13H20N2. The number of anilines is 1. The van der Waals surface area contributed by atoms with E-state index in [1.807, 2.05) is 7.05 Å². The van der Waals surface area contributed by atoms with E-state index in [2.05, 4.69) is 42.7 Å². The molecule has 0 amide bonds. The summed E-state index contributed by atoms with van der Waals surface area (Å²) in [5.74, 6) is 0.653. The maximum absolute atomic E-state index is 3.46. The van der Waals surface area contributed by atoms with Crippen molar-refractivity contribution in [3.05, 3.63) is 29.3 Å². The van der Waals surface area contributed by atoms with Crippen LogP contribution in [-0.4, -0.2) is 19.6 Å². The van der Waals surface area contributed by atoms with Crippen molar-refractivity contribution >= 4 is 5.69 Å². The predicted octanol–water partition coefficient (Wildman–Crippen LogP) is 2.37. The first kappa shape index (κ1) is 10.5. The van der Waals surface area contributed by atoms with Crippen molar-refractivity contribution < 1.29 is 0 Å². The van der Waals surface area contributed by atoms with Crippen LogP contribution in [-0.2, 0) is 6.42 Å². The third-order valence-corrected chi connectivity index (χ3v) is 3.31. The lowest BCUT2D eigenvalue weighted by atomic mass is 9.93. The van der Waals surface area contributed by atoms with Crippen molar-refractivity contribution in [3.8, 4) is 0 Å². The van der Waals surface area contributed by atoms with Crippen molar-refractivity contribution in [2.24, 2.45) is 0 Å². The fourth-order valence-corrected chi connectivity index (χ4v) is 2.32. The first-order chi connectivity index (χ1) is 7.22. The summed E-state index contributed by atoms with van der Waals surface area (Å²) in [7, 11) is 2.02. The molecule has 1 aliphatic rings. The molecule has 0 saturated heterocycles. The Morgan fingerprint density at radius 2 is 2.33 bits per heavy atom. The van der Waals surface area contributed by atoms with Crippen molar-refractivity contribution in [1.29, 1.82) is 0 Å². The first-order valence-electron chi connectivity index (χ1n) is 5.75. The van der Waals surface area contributed by atoms with Gasteiger partial charge in [-0.25, -0.2) is 0 Å². The lowest BCUT2D eigenvalue weighted by Crippen LogP contribution is -2.24. The van der Waals surface area contributed by atoms with Crippen LogP contribution >= 0.6 is 0 Å². The first-order valence-corrected chi connectivity index (χ1v) is 5.75. The van der Waals surface area contributed by atoms with Gasteiger partial charge in [0.25, 0.3) is 0 Å². The molecule has 2 heteroatoms. The second kappa shape index (κ2) is 4.23. The number of nitrogens with one attached hydrogen (secondary N) is 2. The Bertz CT molecular complexity index is 346. The molecule has 0 aromatic heterocycles. The van der Waals surface area contributed by atoms with E-state index in [0.29, 0.717) is 12.0 Å². The molecule has 0 fully saturated rings. The number of likely N-dealkylation sites (N-methyl/N-ethyl adjacent to an activating group) is 1. The van der Waals surface area contributed by atoms with E-state index in [1.54, 1.807) is 0 Å². The number of hydrogen-bond acceptors (Lipinski definition) is 2. The Hall–Kier alpha value is -1.02. The van der Waals surface area contributed by atoms with Crippen LogP contribution in [0.4, 0.5) is 5.69 Å². The smallest absolute Gasteiger partial charge is 0.0379 e. The summed E-state index contributed by atoms with van der Waals surface area (Å²) in [5.41, 5.74) is 4.36. The van der Waals surface area contributed by atoms with Gasteiger partial charge in [0.05, 0.1) is 0 Å². The highest BCUT2D eigenvalue weighted by molar-refractivity contribution is 5.60. The Kier molecular flexibility index (Phi) is 2.96. The molecular weight excluding hydrogens is 184 g/mol. The lowest BCUT2D eigenvalue weighted by molar-refractivity contribution is 0.604. The molecule has 1 heterocycles. The summed E-state index contributed by atoms with van der Waals surface area (Å²) < 4.78 is 0. The van der Waals surface area contributed by atoms with Gasteiger partial charge in [0.2, 0.25) is 0 Å². The molecule has 2 nitrogen and oxygen atoms in total. The van der Waals surface area contributed by atoms with Gasteiger partial charge in [0.1, 0.15) is 0 Å². The average Bonchev–Trinajstić information content (AvgIpc) is 2.61. The van der Waals surface area contributed by atoms with Crippen LogP contribution in [0.15, 0.2) is 18.2 Å². The van der Waals surface area contributed by atoms with Crippen molar-refractivity contribution in [2.75, 3.05) is 18.9 Å². The molecule has 2 rings (SSSR count). The zero-order valence-corrected chi connectivity index (χ0v) is 9.80. The monoisotopic (exact) mass is 204 g/mol. The van der Waals surface area contributed by atoms with Crippen LogP contribution in [0, 0.1) is 0 Å². The summed E-state index contributed by atoms with van der Waals surface area (Å²) >= 11 is 0. The zero-order chi connectivity index (χ0) is 10.8. The standard InChI is InChI=1S/C13H20N2/c1-9-8-15-12-6-4-5-11(13(9)12)7-10(2)14-3/h4-6,9-10,14-15H,7-8H2,1-3H3. The van der Waals surface area contributed by atoms with Crippen LogP contribution < -0.4 is 10.6 Å². The molecule has 0 radical (unpaired) electrons. The maximum Gasteiger partial charge on any atom is 0.0379 e. The molecule has 0 saturated carbocycles. The Labute approximate surface area is 92.1 Å². The summed E-state index contributed by atoms with van der Waals surface area (Å²) in [5, 5.41) is 6.76. The second-order valence-electron chi connectivity index (χ2n) is 4.55. The molecule has 0 bridgehead atoms. The van der Waals surface area contributed by atoms with Crippen LogP contribution in [0.2, 0.25) is 0 Å². The van der Waals surface area contributed by atoms with Gasteiger partial charge in [-0.2, -0.15) is 0 Å². The lowest BCUT2D eigenvalue weighted by Gasteiger charge is -2.15.